The normalized spacial score (nSPS) is 21.6. The summed E-state index contributed by atoms with van der Waals surface area (Å²) in [6.45, 7) is 0.755. The molecule has 0 bridgehead atoms. The Kier molecular flexibility index (Phi) is 5.76. The second-order valence-corrected chi connectivity index (χ2v) is 7.80. The van der Waals surface area contributed by atoms with E-state index < -0.39 is 0 Å². The fourth-order valence-electron chi connectivity index (χ4n) is 4.09. The topological polar surface area (TPSA) is 49.6 Å². The Labute approximate surface area is 154 Å². The molecular weight excluding hydrogens is 330 g/mol. The van der Waals surface area contributed by atoms with Crippen LogP contribution < -0.4 is 5.73 Å². The van der Waals surface area contributed by atoms with Crippen LogP contribution in [0, 0.1) is 0 Å². The monoisotopic (exact) mass is 357 g/mol. The molecule has 3 rings (SSSR count). The van der Waals surface area contributed by atoms with E-state index in [2.05, 4.69) is 60.1 Å². The molecular formula is C20H27N3OS. The van der Waals surface area contributed by atoms with E-state index in [-0.39, 0.29) is 12.1 Å². The van der Waals surface area contributed by atoms with Gasteiger partial charge >= 0.3 is 6.03 Å². The van der Waals surface area contributed by atoms with Crippen molar-refractivity contribution >= 4 is 17.4 Å². The van der Waals surface area contributed by atoms with Gasteiger partial charge in [0.05, 0.1) is 0 Å². The van der Waals surface area contributed by atoms with Crippen molar-refractivity contribution in [2.24, 2.45) is 5.73 Å². The van der Waals surface area contributed by atoms with Crippen LogP contribution in [0.1, 0.15) is 42.3 Å². The first-order chi connectivity index (χ1) is 12.1. The molecule has 1 aliphatic heterocycles. The second kappa shape index (κ2) is 8.02. The summed E-state index contributed by atoms with van der Waals surface area (Å²) in [6.07, 6.45) is 2.96. The van der Waals surface area contributed by atoms with Crippen molar-refractivity contribution in [3.8, 4) is 0 Å². The molecule has 1 aliphatic rings. The van der Waals surface area contributed by atoms with Gasteiger partial charge in [-0.3, -0.25) is 0 Å². The lowest BCUT2D eigenvalue weighted by atomic mass is 9.87. The molecule has 2 amide bonds. The van der Waals surface area contributed by atoms with Gasteiger partial charge in [0, 0.05) is 24.5 Å². The number of benzene rings is 1. The molecule has 2 aromatic rings. The molecule has 0 radical (unpaired) electrons. The van der Waals surface area contributed by atoms with Crippen LogP contribution in [0.2, 0.25) is 0 Å². The largest absolute Gasteiger partial charge is 0.351 e. The van der Waals surface area contributed by atoms with E-state index in [9.17, 15) is 4.79 Å². The van der Waals surface area contributed by atoms with Gasteiger partial charge in [0.15, 0.2) is 0 Å². The average Bonchev–Trinajstić information content (AvgIpc) is 3.25. The number of rotatable bonds is 6. The summed E-state index contributed by atoms with van der Waals surface area (Å²) >= 11 is 1.74. The lowest BCUT2D eigenvalue weighted by molar-refractivity contribution is 0.188. The number of likely N-dealkylation sites (tertiary alicyclic amines) is 1. The number of amides is 2. The molecule has 2 heterocycles. The second-order valence-electron chi connectivity index (χ2n) is 7.02. The summed E-state index contributed by atoms with van der Waals surface area (Å²) in [5, 5.41) is 4.35. The molecule has 1 aromatic heterocycles. The van der Waals surface area contributed by atoms with Crippen molar-refractivity contribution in [2.75, 3.05) is 20.6 Å². The van der Waals surface area contributed by atoms with Crippen LogP contribution in [-0.2, 0) is 0 Å². The van der Waals surface area contributed by atoms with Crippen molar-refractivity contribution in [1.29, 1.82) is 0 Å². The molecule has 0 spiro atoms. The van der Waals surface area contributed by atoms with Gasteiger partial charge in [0.2, 0.25) is 0 Å². The van der Waals surface area contributed by atoms with Crippen molar-refractivity contribution in [2.45, 2.75) is 37.3 Å². The molecule has 2 N–H and O–H groups in total. The first kappa shape index (κ1) is 18.0. The molecule has 2 unspecified atom stereocenters. The first-order valence-corrected chi connectivity index (χ1v) is 9.81. The third-order valence-electron chi connectivity index (χ3n) is 5.34. The van der Waals surface area contributed by atoms with Crippen LogP contribution in [0.15, 0.2) is 47.2 Å². The molecule has 0 saturated carbocycles. The SMILES string of the molecule is CN(C)[C@H](CCC1C(c2ccccc2)CCN1C(N)=O)c1ccsc1. The zero-order chi connectivity index (χ0) is 17.8. The number of carbonyl (C=O) groups excluding carboxylic acids is 1. The van der Waals surface area contributed by atoms with Crippen LogP contribution in [0.4, 0.5) is 4.79 Å². The summed E-state index contributed by atoms with van der Waals surface area (Å²) in [4.78, 5) is 16.1. The van der Waals surface area contributed by atoms with E-state index in [0.29, 0.717) is 12.0 Å². The lowest BCUT2D eigenvalue weighted by Gasteiger charge is -2.30. The minimum absolute atomic E-state index is 0.181. The third-order valence-corrected chi connectivity index (χ3v) is 6.05. The van der Waals surface area contributed by atoms with Crippen molar-refractivity contribution < 1.29 is 4.79 Å². The molecule has 25 heavy (non-hydrogen) atoms. The molecule has 1 saturated heterocycles. The number of nitrogens with two attached hydrogens (primary N) is 1. The van der Waals surface area contributed by atoms with E-state index in [1.165, 1.54) is 11.1 Å². The van der Waals surface area contributed by atoms with Gasteiger partial charge in [0.1, 0.15) is 0 Å². The number of urea groups is 1. The Bertz CT molecular complexity index is 672. The highest BCUT2D eigenvalue weighted by molar-refractivity contribution is 7.07. The molecule has 3 atom stereocenters. The minimum Gasteiger partial charge on any atom is -0.351 e. The highest BCUT2D eigenvalue weighted by Gasteiger charge is 2.37. The Morgan fingerprint density at radius 1 is 1.32 bits per heavy atom. The smallest absolute Gasteiger partial charge is 0.315 e. The molecule has 1 aromatic carbocycles. The Hall–Kier alpha value is -1.85. The summed E-state index contributed by atoms with van der Waals surface area (Å²) in [6, 6.07) is 13.0. The Morgan fingerprint density at radius 3 is 2.68 bits per heavy atom. The number of thiophene rings is 1. The fraction of sp³-hybridized carbons (Fsp3) is 0.450. The van der Waals surface area contributed by atoms with E-state index in [0.717, 1.165) is 25.8 Å². The van der Waals surface area contributed by atoms with Crippen LogP contribution in [0.25, 0.3) is 0 Å². The summed E-state index contributed by atoms with van der Waals surface area (Å²) < 4.78 is 0. The van der Waals surface area contributed by atoms with Gasteiger partial charge in [-0.25, -0.2) is 4.79 Å². The van der Waals surface area contributed by atoms with Gasteiger partial charge in [0.25, 0.3) is 0 Å². The summed E-state index contributed by atoms with van der Waals surface area (Å²) in [7, 11) is 4.25. The highest BCUT2D eigenvalue weighted by Crippen LogP contribution is 2.38. The maximum absolute atomic E-state index is 11.9. The van der Waals surface area contributed by atoms with E-state index in [4.69, 9.17) is 5.73 Å². The number of carbonyl (C=O) groups is 1. The number of nitrogens with zero attached hydrogens (tertiary/aromatic N) is 2. The molecule has 134 valence electrons. The van der Waals surface area contributed by atoms with Crippen molar-refractivity contribution in [3.63, 3.8) is 0 Å². The molecule has 4 nitrogen and oxygen atoms in total. The fourth-order valence-corrected chi connectivity index (χ4v) is 4.80. The van der Waals surface area contributed by atoms with Crippen molar-refractivity contribution in [1.82, 2.24) is 9.80 Å². The predicted molar refractivity (Wildman–Crippen MR) is 104 cm³/mol. The van der Waals surface area contributed by atoms with Crippen LogP contribution >= 0.6 is 11.3 Å². The molecule has 5 heteroatoms. The highest BCUT2D eigenvalue weighted by atomic mass is 32.1. The lowest BCUT2D eigenvalue weighted by Crippen LogP contribution is -2.41. The zero-order valence-corrected chi connectivity index (χ0v) is 15.8. The Balaban J connectivity index is 1.77. The number of hydrogen-bond acceptors (Lipinski definition) is 3. The van der Waals surface area contributed by atoms with Gasteiger partial charge in [-0.1, -0.05) is 30.3 Å². The van der Waals surface area contributed by atoms with Gasteiger partial charge in [-0.15, -0.1) is 0 Å². The van der Waals surface area contributed by atoms with E-state index in [1.54, 1.807) is 11.3 Å². The standard InChI is InChI=1S/C20H27N3OS/c1-22(2)18(16-11-13-25-14-16)8-9-19-17(10-12-23(19)20(21)24)15-6-4-3-5-7-15/h3-7,11,13-14,17-19H,8-10,12H2,1-2H3,(H2,21,24)/t17?,18-,19?/m1/s1. The third kappa shape index (κ3) is 4.05. The Morgan fingerprint density at radius 2 is 2.08 bits per heavy atom. The summed E-state index contributed by atoms with van der Waals surface area (Å²) in [5.41, 5.74) is 8.34. The molecule has 1 fully saturated rings. The van der Waals surface area contributed by atoms with Crippen LogP contribution in [0.3, 0.4) is 0 Å². The van der Waals surface area contributed by atoms with Gasteiger partial charge < -0.3 is 15.5 Å². The van der Waals surface area contributed by atoms with Crippen LogP contribution in [0.5, 0.6) is 0 Å². The van der Waals surface area contributed by atoms with Gasteiger partial charge in [-0.2, -0.15) is 11.3 Å². The predicted octanol–water partition coefficient (Wildman–Crippen LogP) is 4.07. The number of hydrogen-bond donors (Lipinski definition) is 1. The zero-order valence-electron chi connectivity index (χ0n) is 15.0. The number of primary amides is 1. The first-order valence-electron chi connectivity index (χ1n) is 8.87. The quantitative estimate of drug-likeness (QED) is 0.847. The average molecular weight is 358 g/mol. The summed E-state index contributed by atoms with van der Waals surface area (Å²) in [5.74, 6) is 0.374. The van der Waals surface area contributed by atoms with Gasteiger partial charge in [-0.05, 0) is 61.3 Å². The van der Waals surface area contributed by atoms with E-state index >= 15 is 0 Å². The van der Waals surface area contributed by atoms with E-state index in [1.807, 2.05) is 11.0 Å². The van der Waals surface area contributed by atoms with Crippen molar-refractivity contribution in [3.05, 3.63) is 58.3 Å². The van der Waals surface area contributed by atoms with Crippen LogP contribution in [-0.4, -0.2) is 42.5 Å². The maximum atomic E-state index is 11.9. The maximum Gasteiger partial charge on any atom is 0.315 e. The molecule has 0 aliphatic carbocycles. The minimum atomic E-state index is -0.291.